The van der Waals surface area contributed by atoms with Crippen LogP contribution >= 0.6 is 0 Å². The Hall–Kier alpha value is -2.93. The minimum absolute atomic E-state index is 0.0795. The van der Waals surface area contributed by atoms with Gasteiger partial charge in [-0.3, -0.25) is 19.3 Å². The summed E-state index contributed by atoms with van der Waals surface area (Å²) in [6.45, 7) is 12.3. The molecule has 1 rings (SSSR count). The Morgan fingerprint density at radius 2 is 1.48 bits per heavy atom. The summed E-state index contributed by atoms with van der Waals surface area (Å²) in [6.07, 6.45) is 3.32. The largest absolute Gasteiger partial charge is 0.334 e. The third-order valence-electron chi connectivity index (χ3n) is 3.71. The zero-order valence-electron chi connectivity index (χ0n) is 16.0. The Labute approximate surface area is 160 Å². The number of anilines is 2. The first kappa shape index (κ1) is 22.1. The van der Waals surface area contributed by atoms with Crippen LogP contribution < -0.4 is 10.6 Å². The first-order valence-corrected chi connectivity index (χ1v) is 8.79. The first-order valence-electron chi connectivity index (χ1n) is 8.79. The number of carbonyl (C=O) groups excluding carboxylic acids is 3. The molecule has 0 bridgehead atoms. The normalized spacial score (nSPS) is 10.2. The lowest BCUT2D eigenvalue weighted by Gasteiger charge is -2.24. The van der Waals surface area contributed by atoms with Gasteiger partial charge in [0.25, 0.3) is 0 Å². The molecule has 0 unspecified atom stereocenters. The van der Waals surface area contributed by atoms with E-state index in [9.17, 15) is 14.4 Å². The molecule has 0 radical (unpaired) electrons. The second-order valence-electron chi connectivity index (χ2n) is 5.99. The molecule has 0 atom stereocenters. The molecule has 7 heteroatoms. The summed E-state index contributed by atoms with van der Waals surface area (Å²) in [5.41, 5.74) is 1.28. The molecular weight excluding hydrogens is 344 g/mol. The van der Waals surface area contributed by atoms with Gasteiger partial charge in [0, 0.05) is 31.4 Å². The summed E-state index contributed by atoms with van der Waals surface area (Å²) in [6, 6.07) is 6.84. The van der Waals surface area contributed by atoms with Crippen LogP contribution in [0.15, 0.2) is 49.6 Å². The van der Waals surface area contributed by atoms with Crippen molar-refractivity contribution in [3.8, 4) is 0 Å². The maximum absolute atomic E-state index is 12.4. The standard InChI is InChI=1S/C20H28N4O3/c1-5-12-24(13-6-2)20(27)15-23(7-3)14-19(26)22-18-10-8-17(9-11-18)21-16(4)25/h5-6,8-11H,1-2,7,12-15H2,3-4H3,(H,21,25)(H,22,26). The molecule has 1 aromatic rings. The van der Waals surface area contributed by atoms with Gasteiger partial charge in [0.1, 0.15) is 0 Å². The quantitative estimate of drug-likeness (QED) is 0.583. The number of nitrogens with one attached hydrogen (secondary N) is 2. The fraction of sp³-hybridized carbons (Fsp3) is 0.350. The molecule has 0 heterocycles. The number of likely N-dealkylation sites (N-methyl/N-ethyl adjacent to an activating group) is 1. The summed E-state index contributed by atoms with van der Waals surface area (Å²) < 4.78 is 0. The minimum Gasteiger partial charge on any atom is -0.334 e. The maximum atomic E-state index is 12.4. The molecule has 7 nitrogen and oxygen atoms in total. The van der Waals surface area contributed by atoms with Crippen LogP contribution in [0.5, 0.6) is 0 Å². The lowest BCUT2D eigenvalue weighted by Crippen LogP contribution is -2.43. The Bertz CT molecular complexity index is 660. The van der Waals surface area contributed by atoms with E-state index in [-0.39, 0.29) is 30.8 Å². The third kappa shape index (κ3) is 8.33. The van der Waals surface area contributed by atoms with Crippen LogP contribution in [0.2, 0.25) is 0 Å². The van der Waals surface area contributed by atoms with Crippen molar-refractivity contribution in [2.45, 2.75) is 13.8 Å². The molecule has 3 amide bonds. The van der Waals surface area contributed by atoms with E-state index in [4.69, 9.17) is 0 Å². The monoisotopic (exact) mass is 372 g/mol. The van der Waals surface area contributed by atoms with E-state index < -0.39 is 0 Å². The number of carbonyl (C=O) groups is 3. The van der Waals surface area contributed by atoms with Gasteiger partial charge in [-0.1, -0.05) is 19.1 Å². The molecule has 2 N–H and O–H groups in total. The van der Waals surface area contributed by atoms with Crippen LogP contribution in [0.25, 0.3) is 0 Å². The van der Waals surface area contributed by atoms with Crippen LogP contribution in [-0.2, 0) is 14.4 Å². The lowest BCUT2D eigenvalue weighted by atomic mass is 10.2. The van der Waals surface area contributed by atoms with E-state index in [1.807, 2.05) is 6.92 Å². The second kappa shape index (κ2) is 11.6. The minimum atomic E-state index is -0.212. The number of benzene rings is 1. The van der Waals surface area contributed by atoms with E-state index in [0.29, 0.717) is 31.0 Å². The van der Waals surface area contributed by atoms with Crippen molar-refractivity contribution in [1.82, 2.24) is 9.80 Å². The summed E-state index contributed by atoms with van der Waals surface area (Å²) in [5.74, 6) is -0.447. The van der Waals surface area contributed by atoms with E-state index in [2.05, 4.69) is 23.8 Å². The number of hydrogen-bond acceptors (Lipinski definition) is 4. The fourth-order valence-corrected chi connectivity index (χ4v) is 2.40. The molecule has 1 aromatic carbocycles. The average Bonchev–Trinajstić information content (AvgIpc) is 2.62. The van der Waals surface area contributed by atoms with Gasteiger partial charge >= 0.3 is 0 Å². The van der Waals surface area contributed by atoms with Crippen molar-refractivity contribution in [2.75, 3.05) is 43.4 Å². The molecule has 27 heavy (non-hydrogen) atoms. The van der Waals surface area contributed by atoms with Crippen LogP contribution in [-0.4, -0.2) is 60.2 Å². The third-order valence-corrected chi connectivity index (χ3v) is 3.71. The predicted octanol–water partition coefficient (Wildman–Crippen LogP) is 2.11. The van der Waals surface area contributed by atoms with E-state index in [0.717, 1.165) is 0 Å². The Morgan fingerprint density at radius 1 is 0.963 bits per heavy atom. The zero-order chi connectivity index (χ0) is 20.2. The van der Waals surface area contributed by atoms with Gasteiger partial charge in [-0.2, -0.15) is 0 Å². The number of hydrogen-bond donors (Lipinski definition) is 2. The number of nitrogens with zero attached hydrogens (tertiary/aromatic N) is 2. The summed E-state index contributed by atoms with van der Waals surface area (Å²) >= 11 is 0. The SMILES string of the molecule is C=CCN(CC=C)C(=O)CN(CC)CC(=O)Nc1ccc(NC(C)=O)cc1. The zero-order valence-corrected chi connectivity index (χ0v) is 16.0. The molecule has 0 fully saturated rings. The summed E-state index contributed by atoms with van der Waals surface area (Å²) in [5, 5.41) is 5.45. The van der Waals surface area contributed by atoms with Gasteiger partial charge in [0.2, 0.25) is 17.7 Å². The fourth-order valence-electron chi connectivity index (χ4n) is 2.40. The van der Waals surface area contributed by atoms with Gasteiger partial charge in [0.05, 0.1) is 13.1 Å². The number of rotatable bonds is 11. The van der Waals surface area contributed by atoms with E-state index >= 15 is 0 Å². The Morgan fingerprint density at radius 3 is 1.93 bits per heavy atom. The van der Waals surface area contributed by atoms with Crippen molar-refractivity contribution in [3.63, 3.8) is 0 Å². The van der Waals surface area contributed by atoms with E-state index in [1.54, 1.807) is 46.2 Å². The van der Waals surface area contributed by atoms with E-state index in [1.165, 1.54) is 6.92 Å². The van der Waals surface area contributed by atoms with Crippen molar-refractivity contribution < 1.29 is 14.4 Å². The van der Waals surface area contributed by atoms with Crippen LogP contribution in [0.1, 0.15) is 13.8 Å². The van der Waals surface area contributed by atoms with Crippen LogP contribution in [0.4, 0.5) is 11.4 Å². The molecule has 0 aromatic heterocycles. The van der Waals surface area contributed by atoms with Gasteiger partial charge < -0.3 is 15.5 Å². The van der Waals surface area contributed by atoms with Gasteiger partial charge in [-0.25, -0.2) is 0 Å². The molecule has 0 saturated heterocycles. The average molecular weight is 372 g/mol. The molecule has 0 aliphatic rings. The first-order chi connectivity index (χ1) is 12.9. The van der Waals surface area contributed by atoms with Gasteiger partial charge in [0.15, 0.2) is 0 Å². The summed E-state index contributed by atoms with van der Waals surface area (Å²) in [7, 11) is 0. The maximum Gasteiger partial charge on any atom is 0.238 e. The Balaban J connectivity index is 2.59. The summed E-state index contributed by atoms with van der Waals surface area (Å²) in [4.78, 5) is 39.1. The topological polar surface area (TPSA) is 81.8 Å². The second-order valence-corrected chi connectivity index (χ2v) is 5.99. The molecule has 0 aliphatic heterocycles. The van der Waals surface area contributed by atoms with Crippen molar-refractivity contribution >= 4 is 29.1 Å². The Kier molecular flexibility index (Phi) is 9.53. The van der Waals surface area contributed by atoms with Crippen LogP contribution in [0.3, 0.4) is 0 Å². The van der Waals surface area contributed by atoms with Crippen LogP contribution in [0, 0.1) is 0 Å². The smallest absolute Gasteiger partial charge is 0.238 e. The molecule has 146 valence electrons. The van der Waals surface area contributed by atoms with Crippen molar-refractivity contribution in [1.29, 1.82) is 0 Å². The highest BCUT2D eigenvalue weighted by atomic mass is 16.2. The van der Waals surface area contributed by atoms with Crippen molar-refractivity contribution in [2.24, 2.45) is 0 Å². The molecule has 0 spiro atoms. The highest BCUT2D eigenvalue weighted by Crippen LogP contribution is 2.13. The number of amides is 3. The predicted molar refractivity (Wildman–Crippen MR) is 108 cm³/mol. The van der Waals surface area contributed by atoms with Crippen molar-refractivity contribution in [3.05, 3.63) is 49.6 Å². The molecule has 0 aliphatic carbocycles. The van der Waals surface area contributed by atoms with Gasteiger partial charge in [-0.15, -0.1) is 13.2 Å². The highest BCUT2D eigenvalue weighted by molar-refractivity contribution is 5.93. The lowest BCUT2D eigenvalue weighted by molar-refractivity contribution is -0.131. The molecular formula is C20H28N4O3. The van der Waals surface area contributed by atoms with Gasteiger partial charge in [-0.05, 0) is 30.8 Å². The highest BCUT2D eigenvalue weighted by Gasteiger charge is 2.17. The molecule has 0 saturated carbocycles.